The largest absolute Gasteiger partial charge is 0.493 e. The summed E-state index contributed by atoms with van der Waals surface area (Å²) in [6, 6.07) is 23.7. The number of thioether (sulfide) groups is 1. The number of rotatable bonds is 7. The van der Waals surface area contributed by atoms with Crippen LogP contribution in [0, 0.1) is 6.92 Å². The van der Waals surface area contributed by atoms with E-state index >= 15 is 0 Å². The van der Waals surface area contributed by atoms with Gasteiger partial charge in [0.15, 0.2) is 0 Å². The Hall–Kier alpha value is -2.92. The van der Waals surface area contributed by atoms with Gasteiger partial charge in [0.1, 0.15) is 17.1 Å². The first-order valence-electron chi connectivity index (χ1n) is 10.9. The molecular formula is C27H29NO3S. The molecule has 0 aromatic heterocycles. The first-order valence-corrected chi connectivity index (χ1v) is 11.9. The van der Waals surface area contributed by atoms with Crippen LogP contribution in [0.4, 0.5) is 0 Å². The summed E-state index contributed by atoms with van der Waals surface area (Å²) in [7, 11) is 0. The molecule has 4 nitrogen and oxygen atoms in total. The Balaban J connectivity index is 1.34. The maximum absolute atomic E-state index is 12.9. The van der Waals surface area contributed by atoms with Crippen molar-refractivity contribution in [2.75, 3.05) is 12.4 Å². The maximum atomic E-state index is 12.9. The summed E-state index contributed by atoms with van der Waals surface area (Å²) in [5.41, 5.74) is 2.45. The highest BCUT2D eigenvalue weighted by Crippen LogP contribution is 2.40. The minimum atomic E-state index is -0.339. The second-order valence-corrected chi connectivity index (χ2v) is 9.84. The quantitative estimate of drug-likeness (QED) is 0.346. The van der Waals surface area contributed by atoms with Crippen molar-refractivity contribution in [3.05, 3.63) is 89.5 Å². The number of ether oxygens (including phenoxy) is 2. The molecule has 0 radical (unpaired) electrons. The van der Waals surface area contributed by atoms with Crippen molar-refractivity contribution < 1.29 is 14.3 Å². The van der Waals surface area contributed by atoms with Crippen LogP contribution in [0.3, 0.4) is 0 Å². The number of carbonyl (C=O) groups is 1. The summed E-state index contributed by atoms with van der Waals surface area (Å²) < 4.78 is 12.0. The number of nitrogens with one attached hydrogen (secondary N) is 1. The molecule has 1 N–H and O–H groups in total. The van der Waals surface area contributed by atoms with Gasteiger partial charge in [-0.2, -0.15) is 0 Å². The summed E-state index contributed by atoms with van der Waals surface area (Å²) in [4.78, 5) is 14.2. The Bertz CT molecular complexity index is 1060. The SMILES string of the molecule is Cc1ccc2c(c1)OC(C)(C)C[C@@H]2NC(=O)c1ccc(OCCSc2ccccc2)cc1. The van der Waals surface area contributed by atoms with E-state index in [1.165, 1.54) is 4.90 Å². The van der Waals surface area contributed by atoms with Crippen molar-refractivity contribution in [3.8, 4) is 11.5 Å². The molecule has 4 rings (SSSR count). The molecule has 0 spiro atoms. The Kier molecular flexibility index (Phi) is 6.75. The first kappa shape index (κ1) is 22.3. The van der Waals surface area contributed by atoms with E-state index in [0.717, 1.165) is 34.8 Å². The fraction of sp³-hybridized carbons (Fsp3) is 0.296. The molecule has 0 bridgehead atoms. The molecule has 32 heavy (non-hydrogen) atoms. The van der Waals surface area contributed by atoms with E-state index < -0.39 is 0 Å². The van der Waals surface area contributed by atoms with Crippen molar-refractivity contribution in [2.45, 2.75) is 43.7 Å². The van der Waals surface area contributed by atoms with Gasteiger partial charge in [-0.05, 0) is 68.8 Å². The molecule has 5 heteroatoms. The van der Waals surface area contributed by atoms with Crippen molar-refractivity contribution in [1.29, 1.82) is 0 Å². The van der Waals surface area contributed by atoms with Crippen LogP contribution in [0.15, 0.2) is 77.7 Å². The number of carbonyl (C=O) groups excluding carboxylic acids is 1. The highest BCUT2D eigenvalue weighted by atomic mass is 32.2. The van der Waals surface area contributed by atoms with Gasteiger partial charge in [-0.25, -0.2) is 0 Å². The van der Waals surface area contributed by atoms with Gasteiger partial charge in [0.05, 0.1) is 12.6 Å². The summed E-state index contributed by atoms with van der Waals surface area (Å²) in [5, 5.41) is 3.19. The molecule has 1 heterocycles. The van der Waals surface area contributed by atoms with Crippen molar-refractivity contribution >= 4 is 17.7 Å². The number of amides is 1. The zero-order valence-corrected chi connectivity index (χ0v) is 19.6. The highest BCUT2D eigenvalue weighted by molar-refractivity contribution is 7.99. The number of hydrogen-bond donors (Lipinski definition) is 1. The lowest BCUT2D eigenvalue weighted by Crippen LogP contribution is -2.41. The van der Waals surface area contributed by atoms with E-state index in [9.17, 15) is 4.79 Å². The van der Waals surface area contributed by atoms with Crippen molar-refractivity contribution in [1.82, 2.24) is 5.32 Å². The van der Waals surface area contributed by atoms with E-state index in [-0.39, 0.29) is 17.6 Å². The lowest BCUT2D eigenvalue weighted by atomic mass is 9.89. The van der Waals surface area contributed by atoms with Gasteiger partial charge in [0.2, 0.25) is 0 Å². The van der Waals surface area contributed by atoms with E-state index in [0.29, 0.717) is 12.2 Å². The van der Waals surface area contributed by atoms with Crippen LogP contribution in [0.1, 0.15) is 47.8 Å². The van der Waals surface area contributed by atoms with E-state index in [4.69, 9.17) is 9.47 Å². The van der Waals surface area contributed by atoms with Gasteiger partial charge in [-0.15, -0.1) is 11.8 Å². The monoisotopic (exact) mass is 447 g/mol. The molecule has 0 saturated carbocycles. The zero-order chi connectivity index (χ0) is 22.6. The van der Waals surface area contributed by atoms with Crippen LogP contribution in [0.5, 0.6) is 11.5 Å². The summed E-state index contributed by atoms with van der Waals surface area (Å²) in [5.74, 6) is 2.39. The number of benzene rings is 3. The normalized spacial score (nSPS) is 16.5. The molecule has 0 unspecified atom stereocenters. The maximum Gasteiger partial charge on any atom is 0.251 e. The number of aryl methyl sites for hydroxylation is 1. The van der Waals surface area contributed by atoms with Gasteiger partial charge in [0.25, 0.3) is 5.91 Å². The third kappa shape index (κ3) is 5.65. The van der Waals surface area contributed by atoms with Crippen LogP contribution in [0.2, 0.25) is 0 Å². The number of hydrogen-bond acceptors (Lipinski definition) is 4. The van der Waals surface area contributed by atoms with Gasteiger partial charge in [0, 0.05) is 28.2 Å². The van der Waals surface area contributed by atoms with Gasteiger partial charge in [-0.3, -0.25) is 4.79 Å². The molecule has 1 aliphatic rings. The predicted molar refractivity (Wildman–Crippen MR) is 130 cm³/mol. The molecule has 0 fully saturated rings. The van der Waals surface area contributed by atoms with Crippen molar-refractivity contribution in [3.63, 3.8) is 0 Å². The Morgan fingerprint density at radius 1 is 1.09 bits per heavy atom. The molecule has 1 amide bonds. The van der Waals surface area contributed by atoms with Crippen LogP contribution >= 0.6 is 11.8 Å². The minimum Gasteiger partial charge on any atom is -0.493 e. The molecule has 166 valence electrons. The average molecular weight is 448 g/mol. The second kappa shape index (κ2) is 9.70. The summed E-state index contributed by atoms with van der Waals surface area (Å²) >= 11 is 1.76. The van der Waals surface area contributed by atoms with Crippen molar-refractivity contribution in [2.24, 2.45) is 0 Å². The topological polar surface area (TPSA) is 47.6 Å². The fourth-order valence-corrected chi connectivity index (χ4v) is 4.62. The molecule has 0 aliphatic carbocycles. The predicted octanol–water partition coefficient (Wildman–Crippen LogP) is 6.20. The molecule has 1 aliphatic heterocycles. The number of fused-ring (bicyclic) bond motifs is 1. The summed E-state index contributed by atoms with van der Waals surface area (Å²) in [6.07, 6.45) is 0.717. The van der Waals surface area contributed by atoms with Crippen LogP contribution in [-0.4, -0.2) is 23.9 Å². The van der Waals surface area contributed by atoms with E-state index in [1.54, 1.807) is 11.8 Å². The smallest absolute Gasteiger partial charge is 0.251 e. The highest BCUT2D eigenvalue weighted by Gasteiger charge is 2.34. The molecule has 1 atom stereocenters. The Morgan fingerprint density at radius 3 is 2.59 bits per heavy atom. The third-order valence-corrected chi connectivity index (χ3v) is 6.39. The van der Waals surface area contributed by atoms with Gasteiger partial charge in [-0.1, -0.05) is 30.3 Å². The van der Waals surface area contributed by atoms with Gasteiger partial charge >= 0.3 is 0 Å². The molecular weight excluding hydrogens is 418 g/mol. The molecule has 3 aromatic rings. The fourth-order valence-electron chi connectivity index (χ4n) is 3.87. The van der Waals surface area contributed by atoms with E-state index in [2.05, 4.69) is 43.4 Å². The second-order valence-electron chi connectivity index (χ2n) is 8.67. The average Bonchev–Trinajstić information content (AvgIpc) is 2.77. The standard InChI is InChI=1S/C27H29NO3S/c1-19-9-14-23-24(18-27(2,3)31-25(23)17-19)28-26(29)20-10-12-21(13-11-20)30-15-16-32-22-7-5-4-6-8-22/h4-14,17,24H,15-16,18H2,1-3H3,(H,28,29)/t24-/m0/s1. The first-order chi connectivity index (χ1) is 15.4. The van der Waals surface area contributed by atoms with Crippen LogP contribution in [-0.2, 0) is 0 Å². The van der Waals surface area contributed by atoms with E-state index in [1.807, 2.05) is 55.5 Å². The minimum absolute atomic E-state index is 0.0900. The molecule has 3 aromatic carbocycles. The van der Waals surface area contributed by atoms with Crippen LogP contribution in [0.25, 0.3) is 0 Å². The lowest BCUT2D eigenvalue weighted by Gasteiger charge is -2.38. The zero-order valence-electron chi connectivity index (χ0n) is 18.8. The summed E-state index contributed by atoms with van der Waals surface area (Å²) in [6.45, 7) is 6.76. The molecule has 0 saturated heterocycles. The lowest BCUT2D eigenvalue weighted by molar-refractivity contribution is 0.0619. The van der Waals surface area contributed by atoms with Gasteiger partial charge < -0.3 is 14.8 Å². The Morgan fingerprint density at radius 2 is 1.84 bits per heavy atom. The van der Waals surface area contributed by atoms with Crippen LogP contribution < -0.4 is 14.8 Å². The third-order valence-electron chi connectivity index (χ3n) is 5.41. The Labute approximate surface area is 194 Å².